The summed E-state index contributed by atoms with van der Waals surface area (Å²) in [6.45, 7) is 1.37. The second-order valence-electron chi connectivity index (χ2n) is 6.11. The first-order valence-corrected chi connectivity index (χ1v) is 9.62. The van der Waals surface area contributed by atoms with Crippen LogP contribution in [0.3, 0.4) is 0 Å². The molecule has 0 spiro atoms. The highest BCUT2D eigenvalue weighted by Crippen LogP contribution is 2.31. The van der Waals surface area contributed by atoms with E-state index in [9.17, 15) is 22.7 Å². The van der Waals surface area contributed by atoms with Gasteiger partial charge in [-0.15, -0.1) is 0 Å². The first kappa shape index (κ1) is 19.4. The summed E-state index contributed by atoms with van der Waals surface area (Å²) in [5, 5.41) is 19.2. The number of benzene rings is 3. The maximum Gasteiger partial charge on any atom is 0.335 e. The van der Waals surface area contributed by atoms with E-state index < -0.39 is 32.5 Å². The normalized spacial score (nSPS) is 11.2. The standard InChI is InChI=1S/C20H16FNO5S/c1-12-9-15(20(24)25)11-18(19(12)23)28(26,27)22-17-8-7-14(10-16(17)21)13-5-3-2-4-6-13/h2-11,22-23H,1H3,(H,24,25). The van der Waals surface area contributed by atoms with Gasteiger partial charge in [0.1, 0.15) is 16.5 Å². The average Bonchev–Trinajstić information content (AvgIpc) is 2.65. The molecule has 6 nitrogen and oxygen atoms in total. The predicted octanol–water partition coefficient (Wildman–Crippen LogP) is 4.01. The van der Waals surface area contributed by atoms with Crippen LogP contribution < -0.4 is 4.72 Å². The molecule has 0 fully saturated rings. The van der Waals surface area contributed by atoms with E-state index in [0.717, 1.165) is 17.7 Å². The monoisotopic (exact) mass is 401 g/mol. The molecule has 0 aliphatic rings. The lowest BCUT2D eigenvalue weighted by Gasteiger charge is -2.13. The SMILES string of the molecule is Cc1cc(C(=O)O)cc(S(=O)(=O)Nc2ccc(-c3ccccc3)cc2F)c1O. The van der Waals surface area contributed by atoms with Gasteiger partial charge < -0.3 is 10.2 Å². The molecule has 0 aliphatic carbocycles. The van der Waals surface area contributed by atoms with E-state index in [-0.39, 0.29) is 16.8 Å². The van der Waals surface area contributed by atoms with E-state index in [2.05, 4.69) is 4.72 Å². The van der Waals surface area contributed by atoms with Crippen molar-refractivity contribution < 1.29 is 27.8 Å². The van der Waals surface area contributed by atoms with Crippen LogP contribution in [0.2, 0.25) is 0 Å². The molecular formula is C20H16FNO5S. The second-order valence-corrected chi connectivity index (χ2v) is 7.76. The maximum absolute atomic E-state index is 14.5. The van der Waals surface area contributed by atoms with Crippen molar-refractivity contribution >= 4 is 21.7 Å². The summed E-state index contributed by atoms with van der Waals surface area (Å²) in [4.78, 5) is 10.5. The van der Waals surface area contributed by atoms with Gasteiger partial charge in [0.25, 0.3) is 10.0 Å². The van der Waals surface area contributed by atoms with Crippen LogP contribution in [-0.4, -0.2) is 24.6 Å². The van der Waals surface area contributed by atoms with Crippen LogP contribution in [0.1, 0.15) is 15.9 Å². The molecular weight excluding hydrogens is 385 g/mol. The molecule has 28 heavy (non-hydrogen) atoms. The fourth-order valence-electron chi connectivity index (χ4n) is 2.68. The Morgan fingerprint density at radius 3 is 2.29 bits per heavy atom. The Morgan fingerprint density at radius 1 is 1.00 bits per heavy atom. The number of carboxylic acids is 1. The first-order chi connectivity index (χ1) is 13.2. The molecule has 0 radical (unpaired) electrons. The molecule has 3 aromatic carbocycles. The van der Waals surface area contributed by atoms with Crippen LogP contribution in [0, 0.1) is 12.7 Å². The molecule has 0 heterocycles. The van der Waals surface area contributed by atoms with Crippen molar-refractivity contribution in [1.29, 1.82) is 0 Å². The number of aromatic hydroxyl groups is 1. The molecule has 0 saturated carbocycles. The van der Waals surface area contributed by atoms with Gasteiger partial charge in [0.15, 0.2) is 0 Å². The predicted molar refractivity (Wildman–Crippen MR) is 102 cm³/mol. The molecule has 0 saturated heterocycles. The van der Waals surface area contributed by atoms with Gasteiger partial charge in [-0.3, -0.25) is 4.72 Å². The number of rotatable bonds is 5. The molecule has 144 valence electrons. The van der Waals surface area contributed by atoms with Gasteiger partial charge in [-0.1, -0.05) is 36.4 Å². The number of carbonyl (C=O) groups is 1. The van der Waals surface area contributed by atoms with Crippen LogP contribution in [0.15, 0.2) is 65.6 Å². The Balaban J connectivity index is 1.99. The second kappa shape index (κ2) is 7.32. The third-order valence-corrected chi connectivity index (χ3v) is 5.50. The van der Waals surface area contributed by atoms with E-state index in [1.54, 1.807) is 30.3 Å². The number of hydrogen-bond acceptors (Lipinski definition) is 4. The minimum atomic E-state index is -4.43. The van der Waals surface area contributed by atoms with E-state index >= 15 is 0 Å². The minimum Gasteiger partial charge on any atom is -0.506 e. The first-order valence-electron chi connectivity index (χ1n) is 8.14. The number of hydrogen-bond donors (Lipinski definition) is 3. The highest BCUT2D eigenvalue weighted by molar-refractivity contribution is 7.92. The number of sulfonamides is 1. The van der Waals surface area contributed by atoms with E-state index in [1.807, 2.05) is 6.07 Å². The van der Waals surface area contributed by atoms with Gasteiger partial charge in [-0.2, -0.15) is 0 Å². The van der Waals surface area contributed by atoms with Crippen molar-refractivity contribution in [3.63, 3.8) is 0 Å². The minimum absolute atomic E-state index is 0.0696. The molecule has 0 unspecified atom stereocenters. The van der Waals surface area contributed by atoms with Gasteiger partial charge in [-0.05, 0) is 47.9 Å². The number of anilines is 1. The van der Waals surface area contributed by atoms with Crippen molar-refractivity contribution in [2.45, 2.75) is 11.8 Å². The third-order valence-electron chi connectivity index (χ3n) is 4.12. The van der Waals surface area contributed by atoms with Crippen LogP contribution in [0.5, 0.6) is 5.75 Å². The molecule has 3 aromatic rings. The van der Waals surface area contributed by atoms with E-state index in [4.69, 9.17) is 5.11 Å². The van der Waals surface area contributed by atoms with Gasteiger partial charge >= 0.3 is 5.97 Å². The van der Waals surface area contributed by atoms with Gasteiger partial charge in [0.05, 0.1) is 11.3 Å². The number of aryl methyl sites for hydroxylation is 1. The highest BCUT2D eigenvalue weighted by atomic mass is 32.2. The lowest BCUT2D eigenvalue weighted by molar-refractivity contribution is 0.0696. The number of phenols is 1. The Bertz CT molecular complexity index is 1160. The summed E-state index contributed by atoms with van der Waals surface area (Å²) in [6.07, 6.45) is 0. The molecule has 3 rings (SSSR count). The van der Waals surface area contributed by atoms with Crippen LogP contribution in [0.25, 0.3) is 11.1 Å². The summed E-state index contributed by atoms with van der Waals surface area (Å²) in [5.74, 6) is -2.76. The fourth-order valence-corrected chi connectivity index (χ4v) is 3.95. The smallest absolute Gasteiger partial charge is 0.335 e. The molecule has 3 N–H and O–H groups in total. The molecule has 0 aliphatic heterocycles. The number of halogens is 1. The van der Waals surface area contributed by atoms with Crippen LogP contribution in [-0.2, 0) is 10.0 Å². The molecule has 0 amide bonds. The number of phenolic OH excluding ortho intramolecular Hbond substituents is 1. The van der Waals surface area contributed by atoms with Crippen LogP contribution >= 0.6 is 0 Å². The Hall–Kier alpha value is -3.39. The summed E-state index contributed by atoms with van der Waals surface area (Å²) in [7, 11) is -4.43. The van der Waals surface area contributed by atoms with Crippen molar-refractivity contribution in [1.82, 2.24) is 0 Å². The molecule has 8 heteroatoms. The van der Waals surface area contributed by atoms with Crippen molar-refractivity contribution in [2.75, 3.05) is 4.72 Å². The Kier molecular flexibility index (Phi) is 5.06. The molecule has 0 bridgehead atoms. The lowest BCUT2D eigenvalue weighted by atomic mass is 10.1. The molecule has 0 aromatic heterocycles. The topological polar surface area (TPSA) is 104 Å². The van der Waals surface area contributed by atoms with E-state index in [0.29, 0.717) is 5.56 Å². The van der Waals surface area contributed by atoms with Gasteiger partial charge in [0.2, 0.25) is 0 Å². The Labute approximate surface area is 161 Å². The maximum atomic E-state index is 14.5. The Morgan fingerprint density at radius 2 is 1.68 bits per heavy atom. The van der Waals surface area contributed by atoms with E-state index in [1.165, 1.54) is 19.1 Å². The van der Waals surface area contributed by atoms with Crippen molar-refractivity contribution in [3.05, 3.63) is 77.6 Å². The highest BCUT2D eigenvalue weighted by Gasteiger charge is 2.24. The van der Waals surface area contributed by atoms with Crippen LogP contribution in [0.4, 0.5) is 10.1 Å². The number of aromatic carboxylic acids is 1. The zero-order valence-corrected chi connectivity index (χ0v) is 15.5. The average molecular weight is 401 g/mol. The summed E-state index contributed by atoms with van der Waals surface area (Å²) >= 11 is 0. The zero-order valence-electron chi connectivity index (χ0n) is 14.7. The molecule has 0 atom stereocenters. The quantitative estimate of drug-likeness (QED) is 0.599. The zero-order chi connectivity index (χ0) is 20.5. The summed E-state index contributed by atoms with van der Waals surface area (Å²) in [5.41, 5.74) is 0.763. The summed E-state index contributed by atoms with van der Waals surface area (Å²) < 4.78 is 41.8. The summed E-state index contributed by atoms with van der Waals surface area (Å²) in [6, 6.07) is 15.0. The number of carboxylic acid groups (broad SMARTS) is 1. The van der Waals surface area contributed by atoms with Crippen molar-refractivity contribution in [3.8, 4) is 16.9 Å². The largest absolute Gasteiger partial charge is 0.506 e. The third kappa shape index (κ3) is 3.81. The number of nitrogens with one attached hydrogen (secondary N) is 1. The van der Waals surface area contributed by atoms with Crippen molar-refractivity contribution in [2.24, 2.45) is 0 Å². The lowest BCUT2D eigenvalue weighted by Crippen LogP contribution is -2.15. The van der Waals surface area contributed by atoms with Gasteiger partial charge in [0, 0.05) is 0 Å². The van der Waals surface area contributed by atoms with Gasteiger partial charge in [-0.25, -0.2) is 17.6 Å². The fraction of sp³-hybridized carbons (Fsp3) is 0.0500.